The zero-order valence-corrected chi connectivity index (χ0v) is 14.3. The predicted octanol–water partition coefficient (Wildman–Crippen LogP) is 2.95. The van der Waals surface area contributed by atoms with Crippen LogP contribution in [0.15, 0.2) is 54.7 Å². The number of aromatic carboxylic acids is 1. The molecule has 0 aliphatic rings. The van der Waals surface area contributed by atoms with Gasteiger partial charge in [0.05, 0.1) is 18.2 Å². The van der Waals surface area contributed by atoms with Crippen LogP contribution in [0.2, 0.25) is 0 Å². The van der Waals surface area contributed by atoms with E-state index in [1.807, 2.05) is 0 Å². The van der Waals surface area contributed by atoms with Gasteiger partial charge in [-0.15, -0.1) is 0 Å². The Labute approximate surface area is 154 Å². The number of hydrogen-bond acceptors (Lipinski definition) is 7. The summed E-state index contributed by atoms with van der Waals surface area (Å²) in [6, 6.07) is 13.1. The second kappa shape index (κ2) is 7.52. The summed E-state index contributed by atoms with van der Waals surface area (Å²) in [5, 5.41) is 12.3. The maximum Gasteiger partial charge on any atom is 0.337 e. The predicted molar refractivity (Wildman–Crippen MR) is 99.9 cm³/mol. The molecule has 0 aliphatic carbocycles. The fourth-order valence-corrected chi connectivity index (χ4v) is 2.50. The number of rotatable bonds is 5. The topological polar surface area (TPSA) is 127 Å². The Morgan fingerprint density at radius 2 is 1.78 bits per heavy atom. The van der Waals surface area contributed by atoms with Gasteiger partial charge < -0.3 is 20.9 Å². The van der Waals surface area contributed by atoms with Crippen molar-refractivity contribution < 1.29 is 19.4 Å². The zero-order valence-electron chi connectivity index (χ0n) is 14.3. The number of ether oxygens (including phenoxy) is 1. The van der Waals surface area contributed by atoms with E-state index in [1.165, 1.54) is 19.4 Å². The molecule has 4 N–H and O–H groups in total. The SMILES string of the molecule is COC(=O)c1ccc(Nc2ncc(-c3ccccc3C(=O)O)c(N)n2)cc1. The summed E-state index contributed by atoms with van der Waals surface area (Å²) in [6.45, 7) is 0. The summed E-state index contributed by atoms with van der Waals surface area (Å²) in [4.78, 5) is 31.2. The lowest BCUT2D eigenvalue weighted by molar-refractivity contribution is 0.0600. The van der Waals surface area contributed by atoms with Crippen LogP contribution < -0.4 is 11.1 Å². The molecule has 0 bridgehead atoms. The molecular weight excluding hydrogens is 348 g/mol. The van der Waals surface area contributed by atoms with Crippen LogP contribution in [0.5, 0.6) is 0 Å². The Morgan fingerprint density at radius 1 is 1.07 bits per heavy atom. The Kier molecular flexibility index (Phi) is 4.98. The van der Waals surface area contributed by atoms with Crippen LogP contribution in [0.3, 0.4) is 0 Å². The second-order valence-corrected chi connectivity index (χ2v) is 5.54. The number of carboxylic acid groups (broad SMARTS) is 1. The highest BCUT2D eigenvalue weighted by atomic mass is 16.5. The number of benzene rings is 2. The Hall–Kier alpha value is -3.94. The van der Waals surface area contributed by atoms with Crippen molar-refractivity contribution >= 4 is 29.4 Å². The minimum atomic E-state index is -1.06. The molecule has 1 heterocycles. The molecule has 2 aromatic carbocycles. The van der Waals surface area contributed by atoms with Crippen LogP contribution in [0, 0.1) is 0 Å². The summed E-state index contributed by atoms with van der Waals surface area (Å²) >= 11 is 0. The first-order chi connectivity index (χ1) is 13.0. The van der Waals surface area contributed by atoms with E-state index in [4.69, 9.17) is 5.73 Å². The van der Waals surface area contributed by atoms with Gasteiger partial charge in [-0.25, -0.2) is 14.6 Å². The quantitative estimate of drug-likeness (QED) is 0.590. The number of methoxy groups -OCH3 is 1. The Morgan fingerprint density at radius 3 is 2.41 bits per heavy atom. The molecule has 0 aliphatic heterocycles. The van der Waals surface area contributed by atoms with E-state index >= 15 is 0 Å². The third-order valence-electron chi connectivity index (χ3n) is 3.83. The first-order valence-electron chi connectivity index (χ1n) is 7.90. The maximum absolute atomic E-state index is 11.4. The number of aromatic nitrogens is 2. The normalized spacial score (nSPS) is 10.3. The monoisotopic (exact) mass is 364 g/mol. The lowest BCUT2D eigenvalue weighted by Crippen LogP contribution is -2.05. The molecule has 0 unspecified atom stereocenters. The standard InChI is InChI=1S/C19H16N4O4/c1-27-18(26)11-6-8-12(9-7-11)22-19-21-10-15(16(20)23-19)13-4-2-3-5-14(13)17(24)25/h2-10H,1H3,(H,24,25)(H3,20,21,22,23). The molecule has 0 atom stereocenters. The summed E-state index contributed by atoms with van der Waals surface area (Å²) in [7, 11) is 1.31. The third-order valence-corrected chi connectivity index (χ3v) is 3.83. The van der Waals surface area contributed by atoms with Crippen molar-refractivity contribution in [2.45, 2.75) is 0 Å². The molecule has 8 heteroatoms. The largest absolute Gasteiger partial charge is 0.478 e. The smallest absolute Gasteiger partial charge is 0.337 e. The summed E-state index contributed by atoms with van der Waals surface area (Å²) < 4.78 is 4.65. The van der Waals surface area contributed by atoms with E-state index in [2.05, 4.69) is 20.0 Å². The van der Waals surface area contributed by atoms with Gasteiger partial charge in [-0.05, 0) is 30.3 Å². The van der Waals surface area contributed by atoms with Gasteiger partial charge in [0.1, 0.15) is 5.82 Å². The van der Waals surface area contributed by atoms with Crippen molar-refractivity contribution in [3.05, 3.63) is 65.9 Å². The molecule has 8 nitrogen and oxygen atoms in total. The number of hydrogen-bond donors (Lipinski definition) is 3. The van der Waals surface area contributed by atoms with E-state index in [1.54, 1.807) is 42.5 Å². The van der Waals surface area contributed by atoms with E-state index in [9.17, 15) is 14.7 Å². The lowest BCUT2D eigenvalue weighted by atomic mass is 10.0. The molecular formula is C19H16N4O4. The van der Waals surface area contributed by atoms with E-state index in [-0.39, 0.29) is 17.3 Å². The highest BCUT2D eigenvalue weighted by Gasteiger charge is 2.15. The number of nitrogens with two attached hydrogens (primary N) is 1. The van der Waals surface area contributed by atoms with Gasteiger partial charge >= 0.3 is 11.9 Å². The van der Waals surface area contributed by atoms with Crippen LogP contribution in [-0.2, 0) is 4.74 Å². The molecule has 136 valence electrons. The van der Waals surface area contributed by atoms with Gasteiger partial charge in [-0.1, -0.05) is 18.2 Å². The maximum atomic E-state index is 11.4. The number of carbonyl (C=O) groups is 2. The first kappa shape index (κ1) is 17.9. The molecule has 0 spiro atoms. The summed E-state index contributed by atoms with van der Waals surface area (Å²) in [6.07, 6.45) is 1.47. The zero-order chi connectivity index (χ0) is 19.4. The average Bonchev–Trinajstić information content (AvgIpc) is 2.68. The van der Waals surface area contributed by atoms with Crippen molar-refractivity contribution in [1.82, 2.24) is 9.97 Å². The molecule has 3 aromatic rings. The van der Waals surface area contributed by atoms with Gasteiger partial charge in [0.15, 0.2) is 0 Å². The molecule has 0 radical (unpaired) electrons. The minimum absolute atomic E-state index is 0.118. The van der Waals surface area contributed by atoms with Gasteiger partial charge in [0, 0.05) is 23.0 Å². The van der Waals surface area contributed by atoms with E-state index in [0.29, 0.717) is 22.4 Å². The number of carboxylic acids is 1. The molecule has 0 amide bonds. The highest BCUT2D eigenvalue weighted by molar-refractivity contribution is 5.97. The van der Waals surface area contributed by atoms with E-state index in [0.717, 1.165) is 0 Å². The lowest BCUT2D eigenvalue weighted by Gasteiger charge is -2.10. The molecule has 1 aromatic heterocycles. The fourth-order valence-electron chi connectivity index (χ4n) is 2.50. The Balaban J connectivity index is 1.85. The van der Waals surface area contributed by atoms with Crippen molar-refractivity contribution in [1.29, 1.82) is 0 Å². The summed E-state index contributed by atoms with van der Waals surface area (Å²) in [5.74, 6) is -1.09. The van der Waals surface area contributed by atoms with Crippen molar-refractivity contribution in [3.8, 4) is 11.1 Å². The number of anilines is 3. The first-order valence-corrected chi connectivity index (χ1v) is 7.90. The number of nitrogen functional groups attached to an aromatic ring is 1. The van der Waals surface area contributed by atoms with Crippen LogP contribution in [0.25, 0.3) is 11.1 Å². The van der Waals surface area contributed by atoms with Gasteiger partial charge in [-0.3, -0.25) is 0 Å². The van der Waals surface area contributed by atoms with Crippen molar-refractivity contribution in [3.63, 3.8) is 0 Å². The molecule has 0 saturated heterocycles. The van der Waals surface area contributed by atoms with Crippen LogP contribution in [0.4, 0.5) is 17.5 Å². The number of nitrogens with one attached hydrogen (secondary N) is 1. The van der Waals surface area contributed by atoms with Gasteiger partial charge in [-0.2, -0.15) is 4.98 Å². The third kappa shape index (κ3) is 3.84. The molecule has 27 heavy (non-hydrogen) atoms. The average molecular weight is 364 g/mol. The number of carbonyl (C=O) groups excluding carboxylic acids is 1. The highest BCUT2D eigenvalue weighted by Crippen LogP contribution is 2.28. The van der Waals surface area contributed by atoms with Gasteiger partial charge in [0.2, 0.25) is 5.95 Å². The van der Waals surface area contributed by atoms with Crippen LogP contribution >= 0.6 is 0 Å². The van der Waals surface area contributed by atoms with Gasteiger partial charge in [0.25, 0.3) is 0 Å². The van der Waals surface area contributed by atoms with Crippen LogP contribution in [-0.4, -0.2) is 34.1 Å². The van der Waals surface area contributed by atoms with Crippen molar-refractivity contribution in [2.75, 3.05) is 18.2 Å². The summed E-state index contributed by atoms with van der Waals surface area (Å²) in [5.41, 5.74) is 8.08. The Bertz CT molecular complexity index is 1000. The second-order valence-electron chi connectivity index (χ2n) is 5.54. The van der Waals surface area contributed by atoms with Crippen molar-refractivity contribution in [2.24, 2.45) is 0 Å². The number of nitrogens with zero attached hydrogens (tertiary/aromatic N) is 2. The molecule has 0 saturated carbocycles. The minimum Gasteiger partial charge on any atom is -0.478 e. The fraction of sp³-hybridized carbons (Fsp3) is 0.0526. The molecule has 0 fully saturated rings. The number of esters is 1. The van der Waals surface area contributed by atoms with Crippen LogP contribution in [0.1, 0.15) is 20.7 Å². The molecule has 3 rings (SSSR count). The van der Waals surface area contributed by atoms with E-state index < -0.39 is 11.9 Å².